The number of carboxylic acid groups (broad SMARTS) is 1. The predicted octanol–water partition coefficient (Wildman–Crippen LogP) is 2.68. The first kappa shape index (κ1) is 15.8. The summed E-state index contributed by atoms with van der Waals surface area (Å²) in [4.78, 5) is 10.4. The molecule has 17 heavy (non-hydrogen) atoms. The molecule has 0 fully saturated rings. The average molecular weight is 256 g/mol. The highest BCUT2D eigenvalue weighted by Gasteiger charge is 2.07. The summed E-state index contributed by atoms with van der Waals surface area (Å²) >= 11 is 0. The molecule has 4 heteroatoms. The van der Waals surface area contributed by atoms with Crippen LogP contribution in [0.3, 0.4) is 0 Å². The van der Waals surface area contributed by atoms with Crippen LogP contribution in [-0.2, 0) is 15.6 Å². The van der Waals surface area contributed by atoms with Crippen molar-refractivity contribution in [3.05, 3.63) is 35.5 Å². The summed E-state index contributed by atoms with van der Waals surface area (Å²) < 4.78 is 11.4. The normalized spacial score (nSPS) is 13.7. The van der Waals surface area contributed by atoms with Gasteiger partial charge in [0.15, 0.2) is 0 Å². The Morgan fingerprint density at radius 1 is 1.18 bits per heavy atom. The molecule has 0 saturated carbocycles. The van der Waals surface area contributed by atoms with Crippen molar-refractivity contribution in [3.63, 3.8) is 0 Å². The van der Waals surface area contributed by atoms with Crippen LogP contribution in [0.15, 0.2) is 35.5 Å². The minimum absolute atomic E-state index is 0.283. The second kappa shape index (κ2) is 8.93. The van der Waals surface area contributed by atoms with E-state index in [2.05, 4.69) is 0 Å². The van der Waals surface area contributed by atoms with Crippen molar-refractivity contribution in [1.29, 1.82) is 0 Å². The molecule has 0 aliphatic carbocycles. The van der Waals surface area contributed by atoms with Crippen molar-refractivity contribution in [2.24, 2.45) is 0 Å². The highest BCUT2D eigenvalue weighted by Crippen LogP contribution is 2.04. The zero-order valence-corrected chi connectivity index (χ0v) is 11.4. The van der Waals surface area contributed by atoms with Crippen LogP contribution in [0.25, 0.3) is 0 Å². The highest BCUT2D eigenvalue weighted by atomic mass is 32.2. The van der Waals surface area contributed by atoms with Crippen LogP contribution in [0.4, 0.5) is 0 Å². The van der Waals surface area contributed by atoms with E-state index in [9.17, 15) is 9.00 Å². The third kappa shape index (κ3) is 9.75. The van der Waals surface area contributed by atoms with Crippen molar-refractivity contribution < 1.29 is 14.1 Å². The Morgan fingerprint density at radius 3 is 2.24 bits per heavy atom. The summed E-state index contributed by atoms with van der Waals surface area (Å²) in [6.45, 7) is 5.99. The number of carbonyl (C=O) groups is 1. The number of carboxylic acids is 1. The van der Waals surface area contributed by atoms with Crippen molar-refractivity contribution >= 4 is 16.8 Å². The molecule has 0 aromatic carbocycles. The van der Waals surface area contributed by atoms with E-state index < -0.39 is 16.8 Å². The van der Waals surface area contributed by atoms with Gasteiger partial charge in [0.1, 0.15) is 5.75 Å². The number of rotatable bonds is 7. The summed E-state index contributed by atoms with van der Waals surface area (Å²) in [7, 11) is -1.31. The van der Waals surface area contributed by atoms with Crippen LogP contribution in [0.5, 0.6) is 0 Å². The Hall–Kier alpha value is -1.16. The molecule has 1 unspecified atom stereocenters. The van der Waals surface area contributed by atoms with E-state index in [-0.39, 0.29) is 5.75 Å². The predicted molar refractivity (Wildman–Crippen MR) is 72.5 cm³/mol. The van der Waals surface area contributed by atoms with E-state index in [0.29, 0.717) is 5.75 Å². The molecule has 0 radical (unpaired) electrons. The zero-order chi connectivity index (χ0) is 13.3. The van der Waals surface area contributed by atoms with Gasteiger partial charge in [0.2, 0.25) is 0 Å². The minimum Gasteiger partial charge on any atom is -0.481 e. The SMILES string of the molecule is CC/C(=C\C=C/C=C(C)C)CS(=O)CC(=O)O. The molecule has 0 spiro atoms. The first-order valence-corrected chi connectivity index (χ1v) is 7.00. The van der Waals surface area contributed by atoms with E-state index in [4.69, 9.17) is 5.11 Å². The van der Waals surface area contributed by atoms with Crippen LogP contribution in [0.2, 0.25) is 0 Å². The number of hydrogen-bond donors (Lipinski definition) is 1. The molecular formula is C13H20O3S. The van der Waals surface area contributed by atoms with Crippen LogP contribution in [-0.4, -0.2) is 26.8 Å². The molecule has 1 N–H and O–H groups in total. The number of aliphatic carboxylic acids is 1. The zero-order valence-electron chi connectivity index (χ0n) is 10.6. The minimum atomic E-state index is -1.31. The fraction of sp³-hybridized carbons (Fsp3) is 0.462. The molecule has 0 rings (SSSR count). The van der Waals surface area contributed by atoms with E-state index in [0.717, 1.165) is 12.0 Å². The van der Waals surface area contributed by atoms with Gasteiger partial charge in [-0.1, -0.05) is 42.4 Å². The molecule has 0 bridgehead atoms. The summed E-state index contributed by atoms with van der Waals surface area (Å²) in [6.07, 6.45) is 8.48. The lowest BCUT2D eigenvalue weighted by Crippen LogP contribution is -2.12. The Kier molecular flexibility index (Phi) is 8.32. The van der Waals surface area contributed by atoms with Crippen molar-refractivity contribution in [2.45, 2.75) is 27.2 Å². The van der Waals surface area contributed by atoms with Gasteiger partial charge in [-0.3, -0.25) is 9.00 Å². The quantitative estimate of drug-likeness (QED) is 0.712. The maximum Gasteiger partial charge on any atom is 0.316 e. The van der Waals surface area contributed by atoms with E-state index in [1.807, 2.05) is 45.1 Å². The molecular weight excluding hydrogens is 236 g/mol. The standard InChI is InChI=1S/C13H20O3S/c1-4-12(8-6-5-7-11(2)3)9-17(16)10-13(14)15/h5-8H,4,9-10H2,1-3H3,(H,14,15)/b6-5-,12-8+. The molecule has 1 atom stereocenters. The fourth-order valence-electron chi connectivity index (χ4n) is 1.10. The van der Waals surface area contributed by atoms with E-state index in [1.54, 1.807) is 0 Å². The Balaban J connectivity index is 4.37. The number of allylic oxidation sites excluding steroid dienone is 5. The molecule has 0 aliphatic heterocycles. The van der Waals surface area contributed by atoms with E-state index in [1.165, 1.54) is 5.57 Å². The van der Waals surface area contributed by atoms with Gasteiger partial charge < -0.3 is 5.11 Å². The van der Waals surface area contributed by atoms with Gasteiger partial charge in [0.05, 0.1) is 0 Å². The fourth-order valence-corrected chi connectivity index (χ4v) is 2.19. The molecule has 0 aliphatic rings. The Bertz CT molecular complexity index is 361. The Morgan fingerprint density at radius 2 is 1.76 bits per heavy atom. The maximum atomic E-state index is 11.4. The molecule has 0 amide bonds. The van der Waals surface area contributed by atoms with Crippen LogP contribution in [0.1, 0.15) is 27.2 Å². The lowest BCUT2D eigenvalue weighted by Gasteiger charge is -2.01. The van der Waals surface area contributed by atoms with Gasteiger partial charge >= 0.3 is 5.97 Å². The second-order valence-electron chi connectivity index (χ2n) is 3.93. The lowest BCUT2D eigenvalue weighted by molar-refractivity contribution is -0.133. The van der Waals surface area contributed by atoms with Crippen molar-refractivity contribution in [1.82, 2.24) is 0 Å². The van der Waals surface area contributed by atoms with Gasteiger partial charge in [-0.2, -0.15) is 0 Å². The highest BCUT2D eigenvalue weighted by molar-refractivity contribution is 7.85. The number of hydrogen-bond acceptors (Lipinski definition) is 2. The van der Waals surface area contributed by atoms with Gasteiger partial charge in [0, 0.05) is 16.6 Å². The molecule has 0 saturated heterocycles. The molecule has 96 valence electrons. The first-order chi connectivity index (χ1) is 7.95. The summed E-state index contributed by atoms with van der Waals surface area (Å²) in [5.74, 6) is -0.962. The molecule has 0 heterocycles. The molecule has 3 nitrogen and oxygen atoms in total. The van der Waals surface area contributed by atoms with Gasteiger partial charge in [-0.25, -0.2) is 0 Å². The summed E-state index contributed by atoms with van der Waals surface area (Å²) in [5.41, 5.74) is 2.21. The molecule has 0 aromatic rings. The topological polar surface area (TPSA) is 54.4 Å². The summed E-state index contributed by atoms with van der Waals surface area (Å²) in [6, 6.07) is 0. The van der Waals surface area contributed by atoms with Crippen LogP contribution >= 0.6 is 0 Å². The van der Waals surface area contributed by atoms with Gasteiger partial charge in [-0.15, -0.1) is 0 Å². The summed E-state index contributed by atoms with van der Waals surface area (Å²) in [5, 5.41) is 8.51. The van der Waals surface area contributed by atoms with Gasteiger partial charge in [-0.05, 0) is 20.3 Å². The van der Waals surface area contributed by atoms with Crippen LogP contribution < -0.4 is 0 Å². The van der Waals surface area contributed by atoms with E-state index >= 15 is 0 Å². The smallest absolute Gasteiger partial charge is 0.316 e. The molecule has 0 aromatic heterocycles. The van der Waals surface area contributed by atoms with Gasteiger partial charge in [0.25, 0.3) is 0 Å². The third-order valence-electron chi connectivity index (χ3n) is 1.96. The van der Waals surface area contributed by atoms with Crippen LogP contribution in [0, 0.1) is 0 Å². The Labute approximate surface area is 105 Å². The second-order valence-corrected chi connectivity index (χ2v) is 5.39. The lowest BCUT2D eigenvalue weighted by atomic mass is 10.2. The monoisotopic (exact) mass is 256 g/mol. The third-order valence-corrected chi connectivity index (χ3v) is 3.22. The van der Waals surface area contributed by atoms with Crippen molar-refractivity contribution in [3.8, 4) is 0 Å². The first-order valence-electron chi connectivity index (χ1n) is 5.52. The average Bonchev–Trinajstić information content (AvgIpc) is 2.21. The largest absolute Gasteiger partial charge is 0.481 e. The maximum absolute atomic E-state index is 11.4. The van der Waals surface area contributed by atoms with Crippen molar-refractivity contribution in [2.75, 3.05) is 11.5 Å².